The van der Waals surface area contributed by atoms with Gasteiger partial charge in [-0.1, -0.05) is 136 Å². The van der Waals surface area contributed by atoms with Gasteiger partial charge in [-0.25, -0.2) is 29.9 Å². The number of aromatic nitrogens is 6. The highest BCUT2D eigenvalue weighted by Gasteiger charge is 2.47. The van der Waals surface area contributed by atoms with Crippen LogP contribution >= 0.6 is 66.7 Å². The number of rotatable bonds is 21. The molecule has 2 N–H and O–H groups in total. The van der Waals surface area contributed by atoms with E-state index in [2.05, 4.69) is 135 Å². The largest absolute Gasteiger partial charge is 0.396 e. The molecule has 5 amide bonds. The van der Waals surface area contributed by atoms with E-state index < -0.39 is 0 Å². The molecule has 0 saturated carbocycles. The number of aryl methyl sites for hydroxylation is 8. The number of nitrogens with one attached hydrogen (secondary N) is 1. The number of likely N-dealkylation sites (tertiary alicyclic amines) is 7. The maximum Gasteiger partial charge on any atom is 0.257 e. The Morgan fingerprint density at radius 2 is 0.858 bits per heavy atom. The van der Waals surface area contributed by atoms with E-state index >= 15 is 0 Å². The number of aliphatic hydroxyl groups is 1. The number of amides is 5. The first kappa shape index (κ1) is 92.7. The molecule has 0 spiro atoms. The Bertz CT molecular complexity index is 4010. The molecule has 0 bridgehead atoms. The maximum absolute atomic E-state index is 14.0. The van der Waals surface area contributed by atoms with E-state index in [0.29, 0.717) is 95.6 Å². The Hall–Kier alpha value is -5.83. The number of aldehydes is 1. The molecule has 622 valence electrons. The van der Waals surface area contributed by atoms with E-state index in [1.807, 2.05) is 132 Å². The summed E-state index contributed by atoms with van der Waals surface area (Å²) in [7, 11) is 0. The van der Waals surface area contributed by atoms with Gasteiger partial charge in [-0.3, -0.25) is 24.0 Å². The lowest BCUT2D eigenvalue weighted by Gasteiger charge is -2.39. The Morgan fingerprint density at radius 1 is 0.504 bits per heavy atom. The number of benzene rings is 2. The summed E-state index contributed by atoms with van der Waals surface area (Å²) < 4.78 is 0. The molecule has 3 aromatic heterocycles. The van der Waals surface area contributed by atoms with Crippen molar-refractivity contribution in [3.63, 3.8) is 0 Å². The maximum atomic E-state index is 14.0. The number of carbonyl (C=O) groups is 6. The van der Waals surface area contributed by atoms with Crippen LogP contribution in [0.2, 0.25) is 10.0 Å². The average Bonchev–Trinajstić information content (AvgIpc) is 1.76. The van der Waals surface area contributed by atoms with Crippen LogP contribution < -0.4 is 10.2 Å². The third-order valence-electron chi connectivity index (χ3n) is 23.2. The molecule has 12 rings (SSSR count). The molecule has 6 unspecified atom stereocenters. The molecule has 7 aliphatic heterocycles. The van der Waals surface area contributed by atoms with Crippen LogP contribution in [0.5, 0.6) is 0 Å². The highest BCUT2D eigenvalue weighted by atomic mass is 79.9. The van der Waals surface area contributed by atoms with Crippen LogP contribution in [0.3, 0.4) is 0 Å². The van der Waals surface area contributed by atoms with Crippen LogP contribution in [0.15, 0.2) is 55.4 Å². The van der Waals surface area contributed by atoms with E-state index in [-0.39, 0.29) is 69.1 Å². The van der Waals surface area contributed by atoms with Gasteiger partial charge >= 0.3 is 0 Å². The summed E-state index contributed by atoms with van der Waals surface area (Å²) in [5.41, 5.74) is 10.5. The van der Waals surface area contributed by atoms with Gasteiger partial charge in [-0.2, -0.15) is 0 Å². The summed E-state index contributed by atoms with van der Waals surface area (Å²) in [6.45, 7) is 54.9. The molecular formula is C86H126Br2Cl3N15O7. The Balaban J connectivity index is 0.000000201. The molecule has 7 fully saturated rings. The minimum Gasteiger partial charge on any atom is -0.396 e. The molecule has 0 radical (unpaired) electrons. The van der Waals surface area contributed by atoms with Gasteiger partial charge in [-0.15, -0.1) is 11.6 Å². The van der Waals surface area contributed by atoms with Crippen molar-refractivity contribution in [2.45, 2.75) is 144 Å². The summed E-state index contributed by atoms with van der Waals surface area (Å²) in [6.07, 6.45) is 6.86. The van der Waals surface area contributed by atoms with Gasteiger partial charge in [-0.05, 0) is 161 Å². The number of fused-ring (bicyclic) bond motifs is 3. The lowest BCUT2D eigenvalue weighted by Crippen LogP contribution is -2.48. The summed E-state index contributed by atoms with van der Waals surface area (Å²) in [5.74, 6) is 4.06. The topological polar surface area (TPSA) is 238 Å². The molecule has 22 nitrogen and oxygen atoms in total. The second-order valence-corrected chi connectivity index (χ2v) is 39.0. The number of hydrogen-bond acceptors (Lipinski definition) is 17. The van der Waals surface area contributed by atoms with Gasteiger partial charge < -0.3 is 54.4 Å². The highest BCUT2D eigenvalue weighted by molar-refractivity contribution is 9.09. The van der Waals surface area contributed by atoms with Gasteiger partial charge in [0.25, 0.3) is 17.7 Å². The highest BCUT2D eigenvalue weighted by Crippen LogP contribution is 2.40. The van der Waals surface area contributed by atoms with Crippen molar-refractivity contribution in [2.75, 3.05) is 158 Å². The zero-order chi connectivity index (χ0) is 83.4. The van der Waals surface area contributed by atoms with Crippen LogP contribution in [0.4, 0.5) is 11.4 Å². The fourth-order valence-electron chi connectivity index (χ4n) is 16.6. The van der Waals surface area contributed by atoms with Crippen LogP contribution in [-0.2, 0) is 14.4 Å². The third-order valence-corrected chi connectivity index (χ3v) is 27.7. The number of anilines is 2. The van der Waals surface area contributed by atoms with Crippen LogP contribution in [0.25, 0.3) is 0 Å². The third kappa shape index (κ3) is 25.4. The standard InChI is InChI=1S/C33H45ClN6O3.C25H34ClN5O.C18H27ClN4O.C5H11BrO.C5H9BrO/c1-21-7-8-28(13-29(21)34)40(31(42)25-9-11-38(12-10-25)24(4)41)19-33(5,6)18-37-14-26-16-39(17-27(26)15-37)32(43)30-22(2)35-20-36-23(30)3;1-16-6-7-21(8-22(16)26)27-13-25(4,5)14-30-9-19-11-31(12-20(19)10-30)24(32)23-17(2)28-15-29-18(23)3;1-12-16(13(2)21-11-20-12)17(24)23-7-14-5-22(6-15(14)8-23)10-18(3,4)9-19;2*1-5(2,3-6)4-7/h7-8,13,20,25-27H,9-12,14-19H2,1-6H3;6-8,15,19-20,27H,9-14H2,1-5H3;11,14-15H,5-10H2,1-4H3;7H,3-4H2,1-2H3;4H,3H2,1-2H3. The van der Waals surface area contributed by atoms with Crippen molar-refractivity contribution < 1.29 is 33.9 Å². The predicted molar refractivity (Wildman–Crippen MR) is 461 cm³/mol. The Kier molecular flexibility index (Phi) is 32.9. The monoisotopic (exact) mass is 1740 g/mol. The number of alkyl halides is 3. The lowest BCUT2D eigenvalue weighted by molar-refractivity contribution is -0.133. The molecule has 0 aliphatic carbocycles. The fourth-order valence-corrected chi connectivity index (χ4v) is 17.3. The smallest absolute Gasteiger partial charge is 0.257 e. The van der Waals surface area contributed by atoms with Crippen LogP contribution in [0.1, 0.15) is 165 Å². The molecule has 10 heterocycles. The summed E-state index contributed by atoms with van der Waals surface area (Å²) in [4.78, 5) is 118. The predicted octanol–water partition coefficient (Wildman–Crippen LogP) is 13.9. The molecule has 2 aromatic carbocycles. The lowest BCUT2D eigenvalue weighted by atomic mass is 9.89. The molecular weight excluding hydrogens is 1620 g/mol. The van der Waals surface area contributed by atoms with E-state index in [0.717, 1.165) is 183 Å². The quantitative estimate of drug-likeness (QED) is 0.0513. The van der Waals surface area contributed by atoms with Crippen molar-refractivity contribution in [2.24, 2.45) is 68.5 Å². The molecule has 5 aromatic rings. The second-order valence-electron chi connectivity index (χ2n) is 36.8. The number of hydrogen-bond donors (Lipinski definition) is 2. The fraction of sp³-hybridized carbons (Fsp3) is 0.651. The second kappa shape index (κ2) is 40.1. The molecule has 7 saturated heterocycles. The first-order valence-corrected chi connectivity index (χ1v) is 43.5. The first-order chi connectivity index (χ1) is 53.0. The molecule has 27 heteroatoms. The minimum absolute atomic E-state index is 0.0388. The molecule has 113 heavy (non-hydrogen) atoms. The number of halogens is 5. The Labute approximate surface area is 705 Å². The van der Waals surface area contributed by atoms with E-state index in [1.165, 1.54) is 19.0 Å². The van der Waals surface area contributed by atoms with Crippen molar-refractivity contribution in [1.29, 1.82) is 0 Å². The summed E-state index contributed by atoms with van der Waals surface area (Å²) >= 11 is 25.3. The minimum atomic E-state index is -0.184. The zero-order valence-corrected chi connectivity index (χ0v) is 76.0. The number of aliphatic hydroxyl groups excluding tert-OH is 1. The van der Waals surface area contributed by atoms with Gasteiger partial charge in [0.1, 0.15) is 25.3 Å². The summed E-state index contributed by atoms with van der Waals surface area (Å²) in [5, 5.41) is 15.2. The number of nitrogens with zero attached hydrogens (tertiary/aromatic N) is 14. The zero-order valence-electron chi connectivity index (χ0n) is 70.5. The normalized spacial score (nSPS) is 20.7. The molecule has 7 aliphatic rings. The van der Waals surface area contributed by atoms with Gasteiger partial charge in [0.2, 0.25) is 11.8 Å². The van der Waals surface area contributed by atoms with Crippen molar-refractivity contribution >= 4 is 114 Å². The van der Waals surface area contributed by atoms with Gasteiger partial charge in [0.15, 0.2) is 0 Å². The summed E-state index contributed by atoms with van der Waals surface area (Å²) in [6, 6.07) is 12.0. The van der Waals surface area contributed by atoms with Crippen molar-refractivity contribution in [3.8, 4) is 0 Å². The van der Waals surface area contributed by atoms with Crippen molar-refractivity contribution in [1.82, 2.24) is 64.2 Å². The number of piperidine rings is 1. The SMILES string of the molecule is CC(=O)N1CCC(C(=O)N(CC(C)(C)CN2CC3CN(C(=O)c4c(C)ncnc4C)CC3C2)c2ccc(C)c(Cl)c2)CC1.CC(C)(C=O)CBr.CC(C)(CO)CBr.Cc1ccc(NCC(C)(C)CN2CC3CN(C(=O)c4c(C)ncnc4C)CC3C2)cc1Cl.Cc1ncnc(C)c1C(=O)N1CC2CN(CC(C)(C)CCl)CC2C1. The Morgan fingerprint density at radius 3 is 1.16 bits per heavy atom. The van der Waals surface area contributed by atoms with Gasteiger partial charge in [0.05, 0.1) is 50.9 Å². The van der Waals surface area contributed by atoms with E-state index in [9.17, 15) is 28.8 Å². The van der Waals surface area contributed by atoms with Crippen molar-refractivity contribution in [3.05, 3.63) is 127 Å². The molecule has 6 atom stereocenters. The van der Waals surface area contributed by atoms with Crippen LogP contribution in [0, 0.1) is 124 Å². The first-order valence-electron chi connectivity index (χ1n) is 40.0. The van der Waals surface area contributed by atoms with Gasteiger partial charge in [0, 0.05) is 187 Å². The number of carbonyl (C=O) groups excluding carboxylic acids is 6. The van der Waals surface area contributed by atoms with Crippen LogP contribution in [-0.4, -0.2) is 253 Å². The van der Waals surface area contributed by atoms with E-state index in [4.69, 9.17) is 39.9 Å². The van der Waals surface area contributed by atoms with E-state index in [1.54, 1.807) is 6.92 Å². The average molecular weight is 1750 g/mol.